The van der Waals surface area contributed by atoms with Crippen molar-refractivity contribution in [3.05, 3.63) is 34.9 Å². The Hall–Kier alpha value is -1.23. The van der Waals surface area contributed by atoms with Gasteiger partial charge in [-0.2, -0.15) is 4.99 Å². The van der Waals surface area contributed by atoms with Crippen LogP contribution in [0.4, 0.5) is 0 Å². The largest absolute Gasteiger partial charge is 0.389 e. The van der Waals surface area contributed by atoms with Gasteiger partial charge in [-0.05, 0) is 32.9 Å². The Kier molecular flexibility index (Phi) is 4.24. The van der Waals surface area contributed by atoms with Gasteiger partial charge in [-0.3, -0.25) is 0 Å². The second-order valence-electron chi connectivity index (χ2n) is 6.40. The zero-order chi connectivity index (χ0) is 15.7. The summed E-state index contributed by atoms with van der Waals surface area (Å²) < 4.78 is 0.245. The Morgan fingerprint density at radius 3 is 2.19 bits per heavy atom. The third-order valence-electron chi connectivity index (χ3n) is 4.44. The van der Waals surface area contributed by atoms with Gasteiger partial charge in [-0.15, -0.1) is 4.59 Å². The Morgan fingerprint density at radius 1 is 1.19 bits per heavy atom. The molecule has 0 spiro atoms. The molecule has 2 unspecified atom stereocenters. The molecule has 0 fully saturated rings. The lowest BCUT2D eigenvalue weighted by Gasteiger charge is -2.50. The summed E-state index contributed by atoms with van der Waals surface area (Å²) in [5.74, 6) is 0. The summed E-state index contributed by atoms with van der Waals surface area (Å²) >= 11 is 6.01. The summed E-state index contributed by atoms with van der Waals surface area (Å²) in [7, 11) is 0. The van der Waals surface area contributed by atoms with Gasteiger partial charge in [0.1, 0.15) is 12.1 Å². The quantitative estimate of drug-likeness (QED) is 0.850. The van der Waals surface area contributed by atoms with E-state index in [9.17, 15) is 5.11 Å². The molecule has 2 atom stereocenters. The van der Waals surface area contributed by atoms with Gasteiger partial charge in [0.05, 0.1) is 0 Å². The van der Waals surface area contributed by atoms with E-state index in [4.69, 9.17) is 11.6 Å². The summed E-state index contributed by atoms with van der Waals surface area (Å²) in [5.41, 5.74) is 0.186. The fraction of sp³-hybridized carbons (Fsp3) is 0.500. The number of aliphatic hydroxyl groups is 1. The Morgan fingerprint density at radius 2 is 1.81 bits per heavy atom. The zero-order valence-corrected chi connectivity index (χ0v) is 13.8. The van der Waals surface area contributed by atoms with Crippen molar-refractivity contribution in [3.8, 4) is 0 Å². The highest BCUT2D eigenvalue weighted by molar-refractivity contribution is 6.30. The molecule has 0 aliphatic carbocycles. The summed E-state index contributed by atoms with van der Waals surface area (Å²) in [4.78, 5) is 4.23. The first-order valence-electron chi connectivity index (χ1n) is 7.17. The minimum atomic E-state index is -0.584. The molecular weight excluding hydrogens is 286 g/mol. The van der Waals surface area contributed by atoms with Crippen LogP contribution in [0.5, 0.6) is 0 Å². The lowest BCUT2D eigenvalue weighted by atomic mass is 9.82. The fourth-order valence-electron chi connectivity index (χ4n) is 3.19. The van der Waals surface area contributed by atoms with Crippen LogP contribution in [-0.4, -0.2) is 34.5 Å². The third-order valence-corrected chi connectivity index (χ3v) is 4.69. The van der Waals surface area contributed by atoms with Crippen LogP contribution in [0, 0.1) is 0 Å². The van der Waals surface area contributed by atoms with Gasteiger partial charge in [-0.1, -0.05) is 35.8 Å². The molecule has 4 nitrogen and oxygen atoms in total. The predicted molar refractivity (Wildman–Crippen MR) is 87.5 cm³/mol. The average molecular weight is 309 g/mol. The minimum Gasteiger partial charge on any atom is -0.389 e. The molecule has 1 aromatic carbocycles. The number of quaternary nitrogens is 1. The molecule has 1 heterocycles. The molecule has 0 saturated carbocycles. The molecule has 21 heavy (non-hydrogen) atoms. The van der Waals surface area contributed by atoms with Crippen molar-refractivity contribution in [2.24, 2.45) is 10.1 Å². The molecule has 1 aliphatic rings. The van der Waals surface area contributed by atoms with Gasteiger partial charge < -0.3 is 5.11 Å². The van der Waals surface area contributed by atoms with E-state index in [2.05, 4.69) is 37.8 Å². The summed E-state index contributed by atoms with van der Waals surface area (Å²) in [6.45, 7) is 8.37. The maximum absolute atomic E-state index is 10.3. The molecule has 1 aromatic rings. The molecule has 0 aromatic heterocycles. The maximum atomic E-state index is 10.3. The summed E-state index contributed by atoms with van der Waals surface area (Å²) in [6, 6.07) is 7.64. The van der Waals surface area contributed by atoms with E-state index in [1.54, 1.807) is 6.34 Å². The highest BCUT2D eigenvalue weighted by atomic mass is 35.5. The van der Waals surface area contributed by atoms with Crippen molar-refractivity contribution < 1.29 is 9.70 Å². The monoisotopic (exact) mass is 308 g/mol. The Labute approximate surface area is 131 Å². The molecule has 2 rings (SSSR count). The van der Waals surface area contributed by atoms with Crippen LogP contribution >= 0.6 is 11.6 Å². The van der Waals surface area contributed by atoms with Gasteiger partial charge in [0.25, 0.3) is 0 Å². The van der Waals surface area contributed by atoms with Gasteiger partial charge in [0.2, 0.25) is 6.34 Å². The summed E-state index contributed by atoms with van der Waals surface area (Å²) in [6.07, 6.45) is 4.13. The molecule has 1 aliphatic heterocycles. The molecule has 5 heteroatoms. The lowest BCUT2D eigenvalue weighted by Crippen LogP contribution is -2.67. The molecule has 114 valence electrons. The van der Waals surface area contributed by atoms with Crippen LogP contribution < -0.4 is 0 Å². The number of halogens is 1. The van der Waals surface area contributed by atoms with E-state index in [0.29, 0.717) is 5.02 Å². The van der Waals surface area contributed by atoms with Crippen molar-refractivity contribution in [1.82, 2.24) is 0 Å². The zero-order valence-electron chi connectivity index (χ0n) is 13.0. The van der Waals surface area contributed by atoms with E-state index in [0.717, 1.165) is 12.0 Å². The van der Waals surface area contributed by atoms with Crippen molar-refractivity contribution in [1.29, 1.82) is 0 Å². The van der Waals surface area contributed by atoms with Gasteiger partial charge in [-0.25, -0.2) is 0 Å². The van der Waals surface area contributed by atoms with Gasteiger partial charge in [0.15, 0.2) is 11.9 Å². The van der Waals surface area contributed by atoms with Gasteiger partial charge >= 0.3 is 0 Å². The van der Waals surface area contributed by atoms with Crippen LogP contribution in [0.15, 0.2) is 34.4 Å². The smallest absolute Gasteiger partial charge is 0.219 e. The third kappa shape index (κ3) is 2.31. The first-order valence-corrected chi connectivity index (χ1v) is 7.55. The Balaban J connectivity index is 2.69. The topological polar surface area (TPSA) is 45.0 Å². The normalized spacial score (nSPS) is 24.3. The minimum absolute atomic E-state index is 0.0221. The van der Waals surface area contributed by atoms with E-state index in [1.807, 2.05) is 30.6 Å². The van der Waals surface area contributed by atoms with Crippen LogP contribution in [-0.2, 0) is 5.54 Å². The number of hydrogen-bond acceptors (Lipinski definition) is 3. The maximum Gasteiger partial charge on any atom is 0.219 e. The molecule has 0 amide bonds. The highest BCUT2D eigenvalue weighted by Gasteiger charge is 2.59. The van der Waals surface area contributed by atoms with Crippen LogP contribution in [0.1, 0.15) is 39.7 Å². The van der Waals surface area contributed by atoms with Crippen molar-refractivity contribution in [3.63, 3.8) is 0 Å². The van der Waals surface area contributed by atoms with E-state index < -0.39 is 5.54 Å². The summed E-state index contributed by atoms with van der Waals surface area (Å²) in [5, 5.41) is 15.6. The van der Waals surface area contributed by atoms with Crippen LogP contribution in [0.2, 0.25) is 5.02 Å². The predicted octanol–water partition coefficient (Wildman–Crippen LogP) is 3.54. The SMILES string of the molecule is CCC(CO)(c1ccc(Cl)cc1)[N+]1(C(C)(C)C)C=NC=N1. The Bertz CT molecular complexity index is 542. The molecular formula is C16H23ClN3O+. The number of benzene rings is 1. The second kappa shape index (κ2) is 5.52. The van der Waals surface area contributed by atoms with E-state index in [1.165, 1.54) is 0 Å². The van der Waals surface area contributed by atoms with Crippen LogP contribution in [0.3, 0.4) is 0 Å². The van der Waals surface area contributed by atoms with Gasteiger partial charge in [0, 0.05) is 17.0 Å². The number of rotatable bonds is 4. The lowest BCUT2D eigenvalue weighted by molar-refractivity contribution is -0.946. The van der Waals surface area contributed by atoms with Crippen molar-refractivity contribution >= 4 is 24.3 Å². The van der Waals surface area contributed by atoms with Crippen molar-refractivity contribution in [2.45, 2.75) is 45.2 Å². The number of aliphatic hydroxyl groups excluding tert-OH is 1. The van der Waals surface area contributed by atoms with Crippen LogP contribution in [0.25, 0.3) is 0 Å². The molecule has 0 bridgehead atoms. The first kappa shape index (κ1) is 16.1. The standard InChI is InChI=1S/C16H23ClN3O/c1-5-16(10-21,13-6-8-14(17)9-7-13)20(15(2,3)4)12-18-11-19-20/h6-9,11-12,21H,5,10H2,1-4H3/q+1. The number of hydrogen-bond donors (Lipinski definition) is 1. The fourth-order valence-corrected chi connectivity index (χ4v) is 3.32. The van der Waals surface area contributed by atoms with E-state index >= 15 is 0 Å². The molecule has 0 saturated heterocycles. The van der Waals surface area contributed by atoms with Crippen molar-refractivity contribution in [2.75, 3.05) is 6.61 Å². The molecule has 0 radical (unpaired) electrons. The number of nitrogens with zero attached hydrogens (tertiary/aromatic N) is 3. The average Bonchev–Trinajstić information content (AvgIpc) is 2.93. The first-order chi connectivity index (χ1) is 9.83. The number of aliphatic imine (C=N–C) groups is 1. The second-order valence-corrected chi connectivity index (χ2v) is 6.84. The molecule has 1 N–H and O–H groups in total. The van der Waals surface area contributed by atoms with E-state index in [-0.39, 0.29) is 16.7 Å². The highest BCUT2D eigenvalue weighted by Crippen LogP contribution is 2.45.